The maximum absolute atomic E-state index is 13.0. The van der Waals surface area contributed by atoms with Gasteiger partial charge in [-0.15, -0.1) is 0 Å². The van der Waals surface area contributed by atoms with Crippen molar-refractivity contribution in [1.82, 2.24) is 0 Å². The van der Waals surface area contributed by atoms with E-state index in [-0.39, 0.29) is 31.1 Å². The number of carbonyl (C=O) groups is 3. The molecule has 1 unspecified atom stereocenters. The number of allylic oxidation sites excluding steroid dienone is 6. The fraction of sp³-hybridized carbons (Fsp3) is 0.880. The summed E-state index contributed by atoms with van der Waals surface area (Å²) in [7, 11) is 0. The highest BCUT2D eigenvalue weighted by molar-refractivity contribution is 5.71. The molecule has 0 aliphatic rings. The van der Waals surface area contributed by atoms with Crippen LogP contribution in [0.1, 0.15) is 406 Å². The monoisotopic (exact) mass is 1140 g/mol. The van der Waals surface area contributed by atoms with Crippen molar-refractivity contribution in [2.75, 3.05) is 13.2 Å². The third-order valence-electron chi connectivity index (χ3n) is 16.6. The highest BCUT2D eigenvalue weighted by Crippen LogP contribution is 2.19. The SMILES string of the molecule is CCCCCCC/C=C\C/C=C\CCCCCCCCCCCCCCCC(=O)OCC(COC(=O)CCCCCCCCC/C=C\CCCCCCCCC)OC(=O)CCCCCCCCCCCCCCCCCCCCCC. The van der Waals surface area contributed by atoms with Crippen molar-refractivity contribution in [3.05, 3.63) is 36.5 Å². The first kappa shape index (κ1) is 78.6. The Morgan fingerprint density at radius 3 is 0.691 bits per heavy atom. The van der Waals surface area contributed by atoms with Crippen LogP contribution in [-0.2, 0) is 28.6 Å². The van der Waals surface area contributed by atoms with Gasteiger partial charge in [-0.3, -0.25) is 14.4 Å². The largest absolute Gasteiger partial charge is 0.462 e. The quantitative estimate of drug-likeness (QED) is 0.0261. The van der Waals surface area contributed by atoms with Crippen molar-refractivity contribution in [2.45, 2.75) is 412 Å². The Kier molecular flexibility index (Phi) is 68.1. The molecular weight excluding hydrogens is 997 g/mol. The standard InChI is InChI=1S/C75H140O6/c1-4-7-10-13-16-19-22-25-28-31-34-36-37-38-39-40-42-44-47-50-53-56-59-62-65-68-74(77)80-71-72(70-79-73(76)67-64-61-58-55-52-49-46-43-33-30-27-24-21-18-15-12-9-6-3)81-75(78)69-66-63-60-57-54-51-48-45-41-35-32-29-26-23-20-17-14-11-8-5-2/h22,25,30-31,33-34,72H,4-21,23-24,26-29,32,35-71H2,1-3H3/b25-22-,33-30-,34-31-. The van der Waals surface area contributed by atoms with Gasteiger partial charge in [0.05, 0.1) is 0 Å². The van der Waals surface area contributed by atoms with Crippen LogP contribution >= 0.6 is 0 Å². The minimum absolute atomic E-state index is 0.0686. The summed E-state index contributed by atoms with van der Waals surface area (Å²) in [5.41, 5.74) is 0. The van der Waals surface area contributed by atoms with Crippen LogP contribution in [0.15, 0.2) is 36.5 Å². The van der Waals surface area contributed by atoms with Crippen molar-refractivity contribution >= 4 is 17.9 Å². The number of esters is 3. The molecule has 0 aromatic heterocycles. The van der Waals surface area contributed by atoms with Gasteiger partial charge in [-0.1, -0.05) is 346 Å². The summed E-state index contributed by atoms with van der Waals surface area (Å²) >= 11 is 0. The molecule has 1 atom stereocenters. The lowest BCUT2D eigenvalue weighted by Gasteiger charge is -2.18. The van der Waals surface area contributed by atoms with Gasteiger partial charge in [-0.05, 0) is 77.0 Å². The number of rotatable bonds is 68. The first-order valence-corrected chi connectivity index (χ1v) is 36.5. The molecule has 0 fully saturated rings. The van der Waals surface area contributed by atoms with Crippen molar-refractivity contribution in [3.8, 4) is 0 Å². The zero-order chi connectivity index (χ0) is 58.5. The molecule has 0 aliphatic heterocycles. The fourth-order valence-electron chi connectivity index (χ4n) is 11.1. The van der Waals surface area contributed by atoms with Crippen LogP contribution in [0.3, 0.4) is 0 Å². The summed E-state index contributed by atoms with van der Waals surface area (Å²) in [6.45, 7) is 6.71. The van der Waals surface area contributed by atoms with E-state index in [0.717, 1.165) is 64.2 Å². The van der Waals surface area contributed by atoms with Gasteiger partial charge >= 0.3 is 17.9 Å². The average Bonchev–Trinajstić information content (AvgIpc) is 3.47. The second kappa shape index (κ2) is 70.1. The number of ether oxygens (including phenoxy) is 3. The highest BCUT2D eigenvalue weighted by atomic mass is 16.6. The summed E-state index contributed by atoms with van der Waals surface area (Å²) in [5.74, 6) is -0.841. The molecule has 0 N–H and O–H groups in total. The number of hydrogen-bond donors (Lipinski definition) is 0. The molecule has 6 heteroatoms. The lowest BCUT2D eigenvalue weighted by molar-refractivity contribution is -0.167. The van der Waals surface area contributed by atoms with Gasteiger partial charge in [0.25, 0.3) is 0 Å². The van der Waals surface area contributed by atoms with Crippen LogP contribution < -0.4 is 0 Å². The van der Waals surface area contributed by atoms with Gasteiger partial charge in [-0.25, -0.2) is 0 Å². The first-order valence-electron chi connectivity index (χ1n) is 36.5. The maximum Gasteiger partial charge on any atom is 0.306 e. The zero-order valence-corrected chi connectivity index (χ0v) is 54.8. The summed E-state index contributed by atoms with van der Waals surface area (Å²) in [4.78, 5) is 38.5. The van der Waals surface area contributed by atoms with Crippen molar-refractivity contribution < 1.29 is 28.6 Å². The Labute approximate surface area is 506 Å². The molecular formula is C75H140O6. The van der Waals surface area contributed by atoms with Crippen molar-refractivity contribution in [1.29, 1.82) is 0 Å². The van der Waals surface area contributed by atoms with Gasteiger partial charge in [0, 0.05) is 19.3 Å². The molecule has 0 amide bonds. The lowest BCUT2D eigenvalue weighted by Crippen LogP contribution is -2.30. The first-order chi connectivity index (χ1) is 40.0. The third-order valence-corrected chi connectivity index (χ3v) is 16.6. The Morgan fingerprint density at radius 2 is 0.444 bits per heavy atom. The van der Waals surface area contributed by atoms with Crippen LogP contribution in [-0.4, -0.2) is 37.2 Å². The molecule has 0 aromatic carbocycles. The van der Waals surface area contributed by atoms with E-state index in [4.69, 9.17) is 14.2 Å². The van der Waals surface area contributed by atoms with Crippen LogP contribution in [0.4, 0.5) is 0 Å². The second-order valence-corrected chi connectivity index (χ2v) is 24.9. The van der Waals surface area contributed by atoms with E-state index >= 15 is 0 Å². The Balaban J connectivity index is 4.29. The second-order valence-electron chi connectivity index (χ2n) is 24.9. The molecule has 0 rings (SSSR count). The molecule has 0 spiro atoms. The molecule has 0 aromatic rings. The summed E-state index contributed by atoms with van der Waals surface area (Å²) in [5, 5.41) is 0. The summed E-state index contributed by atoms with van der Waals surface area (Å²) in [6.07, 6.45) is 87.4. The van der Waals surface area contributed by atoms with E-state index in [2.05, 4.69) is 57.2 Å². The molecule has 81 heavy (non-hydrogen) atoms. The van der Waals surface area contributed by atoms with Gasteiger partial charge in [-0.2, -0.15) is 0 Å². The summed E-state index contributed by atoms with van der Waals surface area (Å²) in [6, 6.07) is 0. The van der Waals surface area contributed by atoms with Gasteiger partial charge in [0.2, 0.25) is 0 Å². The van der Waals surface area contributed by atoms with Crippen LogP contribution in [0.5, 0.6) is 0 Å². The van der Waals surface area contributed by atoms with Gasteiger partial charge in [0.1, 0.15) is 13.2 Å². The van der Waals surface area contributed by atoms with Gasteiger partial charge in [0.15, 0.2) is 6.10 Å². The third kappa shape index (κ3) is 68.3. The minimum Gasteiger partial charge on any atom is -0.462 e. The van der Waals surface area contributed by atoms with E-state index in [1.165, 1.54) is 302 Å². The topological polar surface area (TPSA) is 78.9 Å². The number of hydrogen-bond acceptors (Lipinski definition) is 6. The number of carbonyl (C=O) groups excluding carboxylic acids is 3. The molecule has 476 valence electrons. The summed E-state index contributed by atoms with van der Waals surface area (Å²) < 4.78 is 17.0. The van der Waals surface area contributed by atoms with E-state index in [1.807, 2.05) is 0 Å². The normalized spacial score (nSPS) is 12.2. The van der Waals surface area contributed by atoms with Crippen molar-refractivity contribution in [3.63, 3.8) is 0 Å². The number of unbranched alkanes of at least 4 members (excludes halogenated alkanes) is 51. The highest BCUT2D eigenvalue weighted by Gasteiger charge is 2.19. The molecule has 0 radical (unpaired) electrons. The molecule has 0 saturated carbocycles. The Morgan fingerprint density at radius 1 is 0.247 bits per heavy atom. The smallest absolute Gasteiger partial charge is 0.306 e. The maximum atomic E-state index is 13.0. The molecule has 6 nitrogen and oxygen atoms in total. The molecule has 0 saturated heterocycles. The molecule has 0 heterocycles. The van der Waals surface area contributed by atoms with Gasteiger partial charge < -0.3 is 14.2 Å². The average molecular weight is 1140 g/mol. The fourth-order valence-corrected chi connectivity index (χ4v) is 11.1. The zero-order valence-electron chi connectivity index (χ0n) is 54.8. The van der Waals surface area contributed by atoms with Crippen LogP contribution in [0.25, 0.3) is 0 Å². The van der Waals surface area contributed by atoms with E-state index < -0.39 is 6.10 Å². The lowest BCUT2D eigenvalue weighted by atomic mass is 10.0. The predicted molar refractivity (Wildman–Crippen MR) is 353 cm³/mol. The Bertz CT molecular complexity index is 1350. The Hall–Kier alpha value is -2.37. The van der Waals surface area contributed by atoms with E-state index in [0.29, 0.717) is 19.3 Å². The van der Waals surface area contributed by atoms with Crippen LogP contribution in [0.2, 0.25) is 0 Å². The van der Waals surface area contributed by atoms with E-state index in [9.17, 15) is 14.4 Å². The minimum atomic E-state index is -0.773. The van der Waals surface area contributed by atoms with Crippen molar-refractivity contribution in [2.24, 2.45) is 0 Å². The predicted octanol–water partition coefficient (Wildman–Crippen LogP) is 25.1. The van der Waals surface area contributed by atoms with E-state index in [1.54, 1.807) is 0 Å². The van der Waals surface area contributed by atoms with Crippen LogP contribution in [0, 0.1) is 0 Å². The molecule has 0 aliphatic carbocycles. The molecule has 0 bridgehead atoms.